The fourth-order valence-corrected chi connectivity index (χ4v) is 0.186. The van der Waals surface area contributed by atoms with Gasteiger partial charge in [-0.3, -0.25) is 0 Å². The van der Waals surface area contributed by atoms with Crippen molar-refractivity contribution in [1.29, 1.82) is 0 Å². The van der Waals surface area contributed by atoms with Gasteiger partial charge in [0.1, 0.15) is 0 Å². The first-order valence-electron chi connectivity index (χ1n) is 1.55. The Bertz CT molecular complexity index is 106. The number of aliphatic hydroxyl groups excluding tert-OH is 1. The highest BCUT2D eigenvalue weighted by atomic mass is 35.5. The molecule has 0 rings (SSSR count). The first-order valence-corrected chi connectivity index (χ1v) is 1.98. The molecule has 5 heteroatoms. The summed E-state index contributed by atoms with van der Waals surface area (Å²) in [5.41, 5.74) is 0.0694. The Balaban J connectivity index is 4.03. The minimum Gasteiger partial charge on any atom is -0.504 e. The number of allylic oxidation sites excluding steroid dienone is 1. The van der Waals surface area contributed by atoms with Crippen molar-refractivity contribution in [3.05, 3.63) is 11.3 Å². The van der Waals surface area contributed by atoms with Crippen molar-refractivity contribution < 1.29 is 18.3 Å². The SMILES string of the molecule is OC(=CCl)C(F)(F)F. The van der Waals surface area contributed by atoms with Crippen LogP contribution in [0.2, 0.25) is 0 Å². The lowest BCUT2D eigenvalue weighted by Crippen LogP contribution is -2.09. The van der Waals surface area contributed by atoms with E-state index in [1.807, 2.05) is 0 Å². The van der Waals surface area contributed by atoms with Crippen LogP contribution in [0.4, 0.5) is 13.2 Å². The summed E-state index contributed by atoms with van der Waals surface area (Å²) >= 11 is 4.50. The molecule has 0 aromatic rings. The summed E-state index contributed by atoms with van der Waals surface area (Å²) in [6.07, 6.45) is -4.71. The van der Waals surface area contributed by atoms with Gasteiger partial charge in [-0.25, -0.2) is 0 Å². The lowest BCUT2D eigenvalue weighted by Gasteiger charge is -2.00. The van der Waals surface area contributed by atoms with Crippen LogP contribution in [0.25, 0.3) is 0 Å². The second kappa shape index (κ2) is 2.26. The van der Waals surface area contributed by atoms with Crippen LogP contribution in [0.15, 0.2) is 11.3 Å². The van der Waals surface area contributed by atoms with Crippen molar-refractivity contribution in [1.82, 2.24) is 0 Å². The maximum absolute atomic E-state index is 11.0. The number of alkyl halides is 3. The van der Waals surface area contributed by atoms with Gasteiger partial charge in [-0.05, 0) is 0 Å². The average molecular weight is 146 g/mol. The first kappa shape index (κ1) is 7.62. The van der Waals surface area contributed by atoms with E-state index in [1.165, 1.54) is 0 Å². The molecule has 0 saturated heterocycles. The molecule has 0 aliphatic heterocycles. The normalized spacial score (nSPS) is 14.2. The van der Waals surface area contributed by atoms with Crippen LogP contribution < -0.4 is 0 Å². The molecule has 0 spiro atoms. The van der Waals surface area contributed by atoms with Gasteiger partial charge in [0.25, 0.3) is 0 Å². The molecular weight excluding hydrogens is 144 g/mol. The summed E-state index contributed by atoms with van der Waals surface area (Å²) in [5, 5.41) is 7.80. The highest BCUT2D eigenvalue weighted by molar-refractivity contribution is 6.25. The number of halogens is 4. The predicted octanol–water partition coefficient (Wildman–Crippen LogP) is 2.19. The molecule has 0 aromatic carbocycles. The van der Waals surface area contributed by atoms with E-state index in [-0.39, 0.29) is 5.54 Å². The second-order valence-corrected chi connectivity index (χ2v) is 1.21. The minimum atomic E-state index is -4.71. The van der Waals surface area contributed by atoms with Gasteiger partial charge in [0.05, 0.1) is 5.54 Å². The topological polar surface area (TPSA) is 20.2 Å². The Labute approximate surface area is 48.4 Å². The molecule has 0 bridgehead atoms. The zero-order chi connectivity index (χ0) is 6.78. The van der Waals surface area contributed by atoms with Crippen molar-refractivity contribution >= 4 is 11.6 Å². The van der Waals surface area contributed by atoms with Gasteiger partial charge in [-0.1, -0.05) is 11.6 Å². The van der Waals surface area contributed by atoms with E-state index in [0.717, 1.165) is 0 Å². The monoisotopic (exact) mass is 146 g/mol. The molecule has 0 radical (unpaired) electrons. The molecule has 8 heavy (non-hydrogen) atoms. The summed E-state index contributed by atoms with van der Waals surface area (Å²) < 4.78 is 33.1. The van der Waals surface area contributed by atoms with Crippen LogP contribution in [0.3, 0.4) is 0 Å². The summed E-state index contributed by atoms with van der Waals surface area (Å²) in [4.78, 5) is 0. The molecule has 0 atom stereocenters. The third-order valence-corrected chi connectivity index (χ3v) is 0.600. The molecule has 0 saturated carbocycles. The standard InChI is InChI=1S/C3H2ClF3O/c4-1-2(8)3(5,6)7/h1,8H. The minimum absolute atomic E-state index is 0.0694. The van der Waals surface area contributed by atoms with Gasteiger partial charge < -0.3 is 5.11 Å². The van der Waals surface area contributed by atoms with Crippen LogP contribution >= 0.6 is 11.6 Å². The second-order valence-electron chi connectivity index (χ2n) is 0.992. The van der Waals surface area contributed by atoms with Crippen molar-refractivity contribution in [3.8, 4) is 0 Å². The Morgan fingerprint density at radius 2 is 1.88 bits per heavy atom. The van der Waals surface area contributed by atoms with E-state index in [2.05, 4.69) is 11.6 Å². The Morgan fingerprint density at radius 1 is 1.50 bits per heavy atom. The average Bonchev–Trinajstić information content (AvgIpc) is 1.62. The molecule has 0 unspecified atom stereocenters. The molecule has 1 nitrogen and oxygen atoms in total. The first-order chi connectivity index (χ1) is 3.48. The molecular formula is C3H2ClF3O. The van der Waals surface area contributed by atoms with Gasteiger partial charge >= 0.3 is 6.18 Å². The molecule has 0 heterocycles. The van der Waals surface area contributed by atoms with Crippen LogP contribution in [0.5, 0.6) is 0 Å². The molecule has 0 aromatic heterocycles. The number of hydrogen-bond acceptors (Lipinski definition) is 1. The van der Waals surface area contributed by atoms with Gasteiger partial charge in [-0.15, -0.1) is 0 Å². The van der Waals surface area contributed by atoms with Gasteiger partial charge in [0.2, 0.25) is 5.76 Å². The predicted molar refractivity (Wildman–Crippen MR) is 22.6 cm³/mol. The fraction of sp³-hybridized carbons (Fsp3) is 0.333. The summed E-state index contributed by atoms with van der Waals surface area (Å²) in [6, 6.07) is 0. The molecule has 0 aliphatic rings. The van der Waals surface area contributed by atoms with Crippen LogP contribution in [-0.4, -0.2) is 11.3 Å². The third-order valence-electron chi connectivity index (χ3n) is 0.394. The maximum Gasteiger partial charge on any atom is 0.449 e. The van der Waals surface area contributed by atoms with E-state index >= 15 is 0 Å². The third kappa shape index (κ3) is 2.07. The van der Waals surface area contributed by atoms with Crippen molar-refractivity contribution in [3.63, 3.8) is 0 Å². The van der Waals surface area contributed by atoms with Crippen molar-refractivity contribution in [2.24, 2.45) is 0 Å². The quantitative estimate of drug-likeness (QED) is 0.520. The fourth-order valence-electron chi connectivity index (χ4n) is 0.0619. The highest BCUT2D eigenvalue weighted by Gasteiger charge is 2.33. The Kier molecular flexibility index (Phi) is 2.15. The van der Waals surface area contributed by atoms with Crippen LogP contribution in [0.1, 0.15) is 0 Å². The summed E-state index contributed by atoms with van der Waals surface area (Å²) in [5.74, 6) is -1.78. The van der Waals surface area contributed by atoms with Gasteiger partial charge in [-0.2, -0.15) is 13.2 Å². The molecule has 0 fully saturated rings. The lowest BCUT2D eigenvalue weighted by atomic mass is 10.6. The van der Waals surface area contributed by atoms with Gasteiger partial charge in [0.15, 0.2) is 0 Å². The van der Waals surface area contributed by atoms with E-state index < -0.39 is 11.9 Å². The van der Waals surface area contributed by atoms with E-state index in [0.29, 0.717) is 0 Å². The van der Waals surface area contributed by atoms with Crippen LogP contribution in [0, 0.1) is 0 Å². The van der Waals surface area contributed by atoms with Gasteiger partial charge in [0, 0.05) is 0 Å². The maximum atomic E-state index is 11.0. The number of aliphatic hydroxyl groups is 1. The zero-order valence-electron chi connectivity index (χ0n) is 3.54. The largest absolute Gasteiger partial charge is 0.504 e. The molecule has 0 aliphatic carbocycles. The van der Waals surface area contributed by atoms with Crippen LogP contribution in [-0.2, 0) is 0 Å². The summed E-state index contributed by atoms with van der Waals surface area (Å²) in [6.45, 7) is 0. The Morgan fingerprint density at radius 3 is 1.88 bits per heavy atom. The highest BCUT2D eigenvalue weighted by Crippen LogP contribution is 2.22. The van der Waals surface area contributed by atoms with E-state index in [4.69, 9.17) is 5.11 Å². The van der Waals surface area contributed by atoms with Crippen molar-refractivity contribution in [2.45, 2.75) is 6.18 Å². The molecule has 48 valence electrons. The van der Waals surface area contributed by atoms with E-state index in [9.17, 15) is 13.2 Å². The molecule has 0 amide bonds. The lowest BCUT2D eigenvalue weighted by molar-refractivity contribution is -0.120. The molecule has 1 N–H and O–H groups in total. The van der Waals surface area contributed by atoms with E-state index in [1.54, 1.807) is 0 Å². The smallest absolute Gasteiger partial charge is 0.449 e. The number of rotatable bonds is 0. The zero-order valence-corrected chi connectivity index (χ0v) is 4.29. The summed E-state index contributed by atoms with van der Waals surface area (Å²) in [7, 11) is 0. The Hall–Kier alpha value is -0.380. The number of hydrogen-bond donors (Lipinski definition) is 1. The van der Waals surface area contributed by atoms with Crippen molar-refractivity contribution in [2.75, 3.05) is 0 Å².